The monoisotopic (exact) mass is 502 g/mol. The smallest absolute Gasteiger partial charge is 0.424 e. The number of hydrogen-bond acceptors (Lipinski definition) is 6. The van der Waals surface area contributed by atoms with Gasteiger partial charge in [-0.2, -0.15) is 17.7 Å². The van der Waals surface area contributed by atoms with Crippen molar-refractivity contribution in [3.8, 4) is 5.75 Å². The number of ether oxygens (including phenoxy) is 1. The summed E-state index contributed by atoms with van der Waals surface area (Å²) in [4.78, 5) is 61.4. The van der Waals surface area contributed by atoms with Crippen LogP contribution in [0.1, 0.15) is 41.6 Å². The second-order valence-corrected chi connectivity index (χ2v) is 8.23. The van der Waals surface area contributed by atoms with Crippen molar-refractivity contribution in [2.45, 2.75) is 50.9 Å². The van der Waals surface area contributed by atoms with E-state index in [2.05, 4.69) is 10.6 Å². The largest absolute Gasteiger partial charge is 0.496 e. The number of likely N-dealkylation sites (tertiary alicyclic amines) is 1. The van der Waals surface area contributed by atoms with Gasteiger partial charge in [0.25, 0.3) is 5.91 Å². The predicted octanol–water partition coefficient (Wildman–Crippen LogP) is 1.94. The minimum Gasteiger partial charge on any atom is -0.496 e. The van der Waals surface area contributed by atoms with Gasteiger partial charge in [-0.05, 0) is 19.1 Å². The summed E-state index contributed by atoms with van der Waals surface area (Å²) in [5.74, 6) is -3.24. The van der Waals surface area contributed by atoms with Gasteiger partial charge in [-0.15, -0.1) is 0 Å². The lowest BCUT2D eigenvalue weighted by molar-refractivity contribution is -0.761. The Balaban J connectivity index is 2.38. The van der Waals surface area contributed by atoms with Crippen molar-refractivity contribution < 1.29 is 51.5 Å². The Morgan fingerprint density at radius 1 is 1.17 bits per heavy atom. The van der Waals surface area contributed by atoms with E-state index < -0.39 is 59.4 Å². The number of halogens is 3. The minimum atomic E-state index is -4.86. The van der Waals surface area contributed by atoms with Crippen LogP contribution in [-0.4, -0.2) is 78.1 Å². The molecule has 1 saturated heterocycles. The van der Waals surface area contributed by atoms with Crippen LogP contribution in [0.5, 0.6) is 5.75 Å². The number of quaternary nitrogens is 1. The fourth-order valence-corrected chi connectivity index (χ4v) is 4.05. The van der Waals surface area contributed by atoms with Crippen LogP contribution in [0.15, 0.2) is 18.2 Å². The van der Waals surface area contributed by atoms with Crippen molar-refractivity contribution >= 4 is 30.1 Å². The van der Waals surface area contributed by atoms with E-state index in [1.807, 2.05) is 0 Å². The number of urea groups is 1. The number of carboxylic acid groups (broad SMARTS) is 1. The lowest BCUT2D eigenvalue weighted by atomic mass is 10.1. The fourth-order valence-electron chi connectivity index (χ4n) is 4.05. The first-order valence-electron chi connectivity index (χ1n) is 10.8. The highest BCUT2D eigenvalue weighted by atomic mass is 19.4. The van der Waals surface area contributed by atoms with Gasteiger partial charge in [0.1, 0.15) is 18.1 Å². The average Bonchev–Trinajstić information content (AvgIpc) is 3.27. The van der Waals surface area contributed by atoms with E-state index in [0.29, 0.717) is 24.2 Å². The molecular formula is C22H27F3N3O7+. The zero-order valence-electron chi connectivity index (χ0n) is 19.2. The van der Waals surface area contributed by atoms with Gasteiger partial charge in [0, 0.05) is 24.0 Å². The third kappa shape index (κ3) is 6.78. The molecule has 2 rings (SSSR count). The number of hydrogen-bond donors (Lipinski definition) is 3. The molecule has 0 aliphatic carbocycles. The van der Waals surface area contributed by atoms with Crippen LogP contribution < -0.4 is 15.4 Å². The Bertz CT molecular complexity index is 991. The number of alkyl halides is 3. The first-order valence-corrected chi connectivity index (χ1v) is 10.8. The van der Waals surface area contributed by atoms with Gasteiger partial charge in [-0.1, -0.05) is 6.07 Å². The molecule has 0 unspecified atom stereocenters. The Morgan fingerprint density at radius 2 is 1.80 bits per heavy atom. The summed E-state index contributed by atoms with van der Waals surface area (Å²) < 4.78 is 44.2. The zero-order chi connectivity index (χ0) is 26.4. The standard InChI is InChI=1S/C22H26F3N3O7/c1-13-15(6-5-7-17(13)35-2)19(32)27-16(11-22(23,24)25)20(33)28(8-3-4-9-28)21(34)26-14(12-29)10-18(30)31/h5-7,12,14,16H,3-4,8-11H2,1-2H3,(H2-,26,27,30,31,32,34)/p+1/t14-,16-/m0/s1. The molecule has 192 valence electrons. The highest BCUT2D eigenvalue weighted by Crippen LogP contribution is 2.28. The molecule has 1 heterocycles. The fraction of sp³-hybridized carbons (Fsp3) is 0.500. The molecule has 1 aliphatic heterocycles. The number of imide groups is 1. The van der Waals surface area contributed by atoms with E-state index >= 15 is 0 Å². The van der Waals surface area contributed by atoms with E-state index in [-0.39, 0.29) is 24.9 Å². The van der Waals surface area contributed by atoms with E-state index in [4.69, 9.17) is 9.84 Å². The summed E-state index contributed by atoms with van der Waals surface area (Å²) in [6.45, 7) is 1.20. The predicted molar refractivity (Wildman–Crippen MR) is 115 cm³/mol. The molecule has 0 spiro atoms. The molecule has 0 aromatic heterocycles. The van der Waals surface area contributed by atoms with Gasteiger partial charge in [-0.25, -0.2) is 9.59 Å². The van der Waals surface area contributed by atoms with Gasteiger partial charge in [0.2, 0.25) is 0 Å². The number of methoxy groups -OCH3 is 1. The molecule has 3 N–H and O–H groups in total. The van der Waals surface area contributed by atoms with Crippen molar-refractivity contribution in [2.24, 2.45) is 0 Å². The van der Waals surface area contributed by atoms with E-state index in [0.717, 1.165) is 0 Å². The lowest BCUT2D eigenvalue weighted by Crippen LogP contribution is -2.66. The molecule has 1 aromatic rings. The van der Waals surface area contributed by atoms with Crippen LogP contribution >= 0.6 is 0 Å². The molecule has 10 nitrogen and oxygen atoms in total. The maximum atomic E-state index is 13.4. The van der Waals surface area contributed by atoms with Crippen LogP contribution in [0.2, 0.25) is 0 Å². The molecule has 1 aliphatic rings. The van der Waals surface area contributed by atoms with Crippen LogP contribution in [-0.2, 0) is 14.4 Å². The molecule has 0 bridgehead atoms. The molecule has 2 atom stereocenters. The molecular weight excluding hydrogens is 475 g/mol. The summed E-state index contributed by atoms with van der Waals surface area (Å²) >= 11 is 0. The third-order valence-electron chi connectivity index (χ3n) is 5.80. The summed E-state index contributed by atoms with van der Waals surface area (Å²) in [7, 11) is 1.36. The number of benzene rings is 1. The number of amides is 4. The minimum absolute atomic E-state index is 0.00998. The third-order valence-corrected chi connectivity index (χ3v) is 5.80. The van der Waals surface area contributed by atoms with Gasteiger partial charge in [0.15, 0.2) is 6.04 Å². The maximum absolute atomic E-state index is 13.4. The number of carbonyl (C=O) groups is 5. The topological polar surface area (TPSA) is 139 Å². The number of aldehydes is 1. The van der Waals surface area contributed by atoms with Crippen molar-refractivity contribution in [3.63, 3.8) is 0 Å². The second kappa shape index (κ2) is 11.3. The Kier molecular flexibility index (Phi) is 8.96. The Labute approximate surface area is 199 Å². The van der Waals surface area contributed by atoms with Gasteiger partial charge in [0.05, 0.1) is 33.0 Å². The van der Waals surface area contributed by atoms with Gasteiger partial charge < -0.3 is 20.0 Å². The zero-order valence-corrected chi connectivity index (χ0v) is 19.2. The molecule has 0 radical (unpaired) electrons. The first kappa shape index (κ1) is 27.8. The molecule has 35 heavy (non-hydrogen) atoms. The molecule has 1 aromatic carbocycles. The summed E-state index contributed by atoms with van der Waals surface area (Å²) in [6, 6.07) is -0.296. The van der Waals surface area contributed by atoms with E-state index in [1.165, 1.54) is 26.2 Å². The summed E-state index contributed by atoms with van der Waals surface area (Å²) in [5, 5.41) is 13.1. The average molecular weight is 502 g/mol. The number of nitrogens with zero attached hydrogens (tertiary/aromatic N) is 1. The summed E-state index contributed by atoms with van der Waals surface area (Å²) in [5.41, 5.74) is 0.334. The van der Waals surface area contributed by atoms with Crippen LogP contribution in [0.4, 0.5) is 18.0 Å². The highest BCUT2D eigenvalue weighted by Gasteiger charge is 2.53. The van der Waals surface area contributed by atoms with Crippen LogP contribution in [0.3, 0.4) is 0 Å². The maximum Gasteiger partial charge on any atom is 0.424 e. The van der Waals surface area contributed by atoms with Gasteiger partial charge >= 0.3 is 24.1 Å². The van der Waals surface area contributed by atoms with Crippen molar-refractivity contribution in [3.05, 3.63) is 29.3 Å². The number of rotatable bonds is 9. The number of carbonyl (C=O) groups excluding carboxylic acids is 4. The van der Waals surface area contributed by atoms with Crippen molar-refractivity contribution in [1.29, 1.82) is 0 Å². The normalized spacial score (nSPS) is 16.6. The molecule has 0 saturated carbocycles. The second-order valence-electron chi connectivity index (χ2n) is 8.23. The molecule has 1 fully saturated rings. The lowest BCUT2D eigenvalue weighted by Gasteiger charge is -2.32. The SMILES string of the molecule is COc1cccc(C(=O)N[C@@H](CC(F)(F)F)C(=O)[N+]2(C(=O)N[C@H](C=O)CC(=O)O)CCCC2)c1C. The van der Waals surface area contributed by atoms with E-state index in [1.54, 1.807) is 6.07 Å². The molecule has 13 heteroatoms. The van der Waals surface area contributed by atoms with E-state index in [9.17, 15) is 37.1 Å². The van der Waals surface area contributed by atoms with Crippen LogP contribution in [0, 0.1) is 6.92 Å². The Hall–Kier alpha value is -3.48. The molecule has 4 amide bonds. The first-order chi connectivity index (χ1) is 16.3. The number of aliphatic carboxylic acids is 1. The number of carboxylic acids is 1. The van der Waals surface area contributed by atoms with Gasteiger partial charge in [-0.3, -0.25) is 14.9 Å². The quantitative estimate of drug-likeness (QED) is 0.347. The van der Waals surface area contributed by atoms with Crippen molar-refractivity contribution in [1.82, 2.24) is 10.6 Å². The van der Waals surface area contributed by atoms with Crippen LogP contribution in [0.25, 0.3) is 0 Å². The number of nitrogens with one attached hydrogen (secondary N) is 2. The highest BCUT2D eigenvalue weighted by molar-refractivity contribution is 5.99. The summed E-state index contributed by atoms with van der Waals surface area (Å²) in [6.07, 6.45) is -6.52. The van der Waals surface area contributed by atoms with Crippen molar-refractivity contribution in [2.75, 3.05) is 20.2 Å². The Morgan fingerprint density at radius 3 is 2.31 bits per heavy atom.